The predicted molar refractivity (Wildman–Crippen MR) is 71.5 cm³/mol. The maximum absolute atomic E-state index is 11.5. The molecule has 4 heteroatoms. The molecule has 1 rings (SSSR count). The third-order valence-electron chi connectivity index (χ3n) is 2.17. The van der Waals surface area contributed by atoms with Crippen LogP contribution in [-0.2, 0) is 11.2 Å². The highest BCUT2D eigenvalue weighted by atomic mass is 32.1. The number of hydrogen-bond donors (Lipinski definition) is 1. The number of hydrogen-bond acceptors (Lipinski definition) is 3. The first-order chi connectivity index (χ1) is 7.87. The van der Waals surface area contributed by atoms with Gasteiger partial charge in [0.05, 0.1) is 0 Å². The molecular formula is C13H21NO2S. The zero-order chi connectivity index (χ0) is 12.9. The first-order valence-corrected chi connectivity index (χ1v) is 6.77. The average molecular weight is 255 g/mol. The van der Waals surface area contributed by atoms with Gasteiger partial charge in [0, 0.05) is 10.9 Å². The van der Waals surface area contributed by atoms with E-state index in [0.29, 0.717) is 0 Å². The summed E-state index contributed by atoms with van der Waals surface area (Å²) < 4.78 is 5.20. The van der Waals surface area contributed by atoms with E-state index in [2.05, 4.69) is 16.8 Å². The van der Waals surface area contributed by atoms with Crippen molar-refractivity contribution < 1.29 is 9.53 Å². The summed E-state index contributed by atoms with van der Waals surface area (Å²) in [6.45, 7) is 7.59. The molecule has 1 heterocycles. The Labute approximate surface area is 107 Å². The first-order valence-electron chi connectivity index (χ1n) is 5.89. The van der Waals surface area contributed by atoms with Crippen molar-refractivity contribution in [3.8, 4) is 0 Å². The molecule has 1 N–H and O–H groups in total. The van der Waals surface area contributed by atoms with Crippen molar-refractivity contribution >= 4 is 17.4 Å². The molecule has 3 nitrogen and oxygen atoms in total. The molecule has 0 aliphatic rings. The molecule has 0 aliphatic heterocycles. The number of alkyl carbamates (subject to hydrolysis) is 1. The van der Waals surface area contributed by atoms with Gasteiger partial charge in [0.1, 0.15) is 5.60 Å². The number of ether oxygens (including phenoxy) is 1. The van der Waals surface area contributed by atoms with E-state index in [4.69, 9.17) is 4.74 Å². The van der Waals surface area contributed by atoms with E-state index in [-0.39, 0.29) is 12.1 Å². The van der Waals surface area contributed by atoms with Crippen LogP contribution in [0, 0.1) is 0 Å². The minimum absolute atomic E-state index is 0.131. The van der Waals surface area contributed by atoms with E-state index in [0.717, 1.165) is 12.8 Å². The quantitative estimate of drug-likeness (QED) is 0.892. The van der Waals surface area contributed by atoms with Crippen LogP contribution in [0.5, 0.6) is 0 Å². The Balaban J connectivity index is 2.25. The molecule has 0 bridgehead atoms. The first kappa shape index (κ1) is 14.0. The van der Waals surface area contributed by atoms with E-state index < -0.39 is 5.60 Å². The molecular weight excluding hydrogens is 234 g/mol. The van der Waals surface area contributed by atoms with Gasteiger partial charge in [0.2, 0.25) is 0 Å². The van der Waals surface area contributed by atoms with Crippen LogP contribution < -0.4 is 5.32 Å². The number of thiophene rings is 1. The minimum Gasteiger partial charge on any atom is -0.444 e. The fourth-order valence-corrected chi connectivity index (χ4v) is 2.12. The standard InChI is InChI=1S/C13H21NO2S/c1-10(7-8-11-6-5-9-17-11)14-12(15)16-13(2,3)4/h5-6,9-10H,7-8H2,1-4H3,(H,14,15). The molecule has 1 aromatic rings. The second kappa shape index (κ2) is 6.05. The maximum atomic E-state index is 11.5. The lowest BCUT2D eigenvalue weighted by atomic mass is 10.1. The van der Waals surface area contributed by atoms with Crippen molar-refractivity contribution in [1.29, 1.82) is 0 Å². The van der Waals surface area contributed by atoms with Crippen LogP contribution in [0.4, 0.5) is 4.79 Å². The summed E-state index contributed by atoms with van der Waals surface area (Å²) in [6, 6.07) is 4.29. The smallest absolute Gasteiger partial charge is 0.407 e. The Hall–Kier alpha value is -1.03. The van der Waals surface area contributed by atoms with Gasteiger partial charge in [-0.3, -0.25) is 0 Å². The van der Waals surface area contributed by atoms with Crippen LogP contribution in [0.2, 0.25) is 0 Å². The number of amides is 1. The average Bonchev–Trinajstić information content (AvgIpc) is 2.63. The van der Waals surface area contributed by atoms with Crippen LogP contribution in [-0.4, -0.2) is 17.7 Å². The number of carbonyl (C=O) groups is 1. The van der Waals surface area contributed by atoms with E-state index in [9.17, 15) is 4.79 Å². The lowest BCUT2D eigenvalue weighted by molar-refractivity contribution is 0.0506. The van der Waals surface area contributed by atoms with E-state index in [1.54, 1.807) is 11.3 Å². The van der Waals surface area contributed by atoms with Gasteiger partial charge in [-0.1, -0.05) is 6.07 Å². The SMILES string of the molecule is CC(CCc1cccs1)NC(=O)OC(C)(C)C. The molecule has 0 radical (unpaired) electrons. The Morgan fingerprint density at radius 1 is 1.53 bits per heavy atom. The van der Waals surface area contributed by atoms with Crippen molar-refractivity contribution in [2.45, 2.75) is 52.2 Å². The predicted octanol–water partition coefficient (Wildman–Crippen LogP) is 3.59. The summed E-state index contributed by atoms with van der Waals surface area (Å²) in [6.07, 6.45) is 1.59. The summed E-state index contributed by atoms with van der Waals surface area (Å²) in [5, 5.41) is 4.91. The molecule has 0 aliphatic carbocycles. The number of carbonyl (C=O) groups excluding carboxylic acids is 1. The summed E-state index contributed by atoms with van der Waals surface area (Å²) in [4.78, 5) is 12.8. The fraction of sp³-hybridized carbons (Fsp3) is 0.615. The van der Waals surface area contributed by atoms with Crippen molar-refractivity contribution in [2.75, 3.05) is 0 Å². The minimum atomic E-state index is -0.433. The van der Waals surface area contributed by atoms with Gasteiger partial charge < -0.3 is 10.1 Å². The summed E-state index contributed by atoms with van der Waals surface area (Å²) in [7, 11) is 0. The lowest BCUT2D eigenvalue weighted by Crippen LogP contribution is -2.37. The Morgan fingerprint density at radius 2 is 2.24 bits per heavy atom. The molecule has 1 amide bonds. The zero-order valence-electron chi connectivity index (χ0n) is 10.9. The van der Waals surface area contributed by atoms with Crippen molar-refractivity contribution in [2.24, 2.45) is 0 Å². The Kier molecular flexibility index (Phi) is 5.00. The topological polar surface area (TPSA) is 38.3 Å². The van der Waals surface area contributed by atoms with Crippen LogP contribution in [0.15, 0.2) is 17.5 Å². The van der Waals surface area contributed by atoms with Gasteiger partial charge in [0.25, 0.3) is 0 Å². The molecule has 1 aromatic heterocycles. The molecule has 0 saturated heterocycles. The molecule has 17 heavy (non-hydrogen) atoms. The van der Waals surface area contributed by atoms with E-state index in [1.165, 1.54) is 4.88 Å². The highest BCUT2D eigenvalue weighted by Crippen LogP contribution is 2.12. The van der Waals surface area contributed by atoms with Gasteiger partial charge in [-0.2, -0.15) is 0 Å². The zero-order valence-corrected chi connectivity index (χ0v) is 11.8. The largest absolute Gasteiger partial charge is 0.444 e. The molecule has 0 spiro atoms. The lowest BCUT2D eigenvalue weighted by Gasteiger charge is -2.21. The van der Waals surface area contributed by atoms with Crippen molar-refractivity contribution in [3.63, 3.8) is 0 Å². The monoisotopic (exact) mass is 255 g/mol. The molecule has 96 valence electrons. The Morgan fingerprint density at radius 3 is 2.76 bits per heavy atom. The third-order valence-corrected chi connectivity index (χ3v) is 3.10. The van der Waals surface area contributed by atoms with Gasteiger partial charge >= 0.3 is 6.09 Å². The van der Waals surface area contributed by atoms with E-state index >= 15 is 0 Å². The highest BCUT2D eigenvalue weighted by molar-refractivity contribution is 7.09. The van der Waals surface area contributed by atoms with Gasteiger partial charge in [-0.15, -0.1) is 11.3 Å². The summed E-state index contributed by atoms with van der Waals surface area (Å²) in [5.41, 5.74) is -0.433. The molecule has 1 unspecified atom stereocenters. The van der Waals surface area contributed by atoms with Gasteiger partial charge in [0.15, 0.2) is 0 Å². The maximum Gasteiger partial charge on any atom is 0.407 e. The van der Waals surface area contributed by atoms with Crippen molar-refractivity contribution in [1.82, 2.24) is 5.32 Å². The fourth-order valence-electron chi connectivity index (χ4n) is 1.39. The van der Waals surface area contributed by atoms with Crippen LogP contribution in [0.3, 0.4) is 0 Å². The number of nitrogens with one attached hydrogen (secondary N) is 1. The number of rotatable bonds is 4. The highest BCUT2D eigenvalue weighted by Gasteiger charge is 2.17. The summed E-state index contributed by atoms with van der Waals surface area (Å²) >= 11 is 1.75. The molecule has 0 fully saturated rings. The van der Waals surface area contributed by atoms with Crippen LogP contribution in [0.1, 0.15) is 39.0 Å². The molecule has 0 saturated carbocycles. The van der Waals surface area contributed by atoms with Crippen LogP contribution >= 0.6 is 11.3 Å². The third kappa shape index (κ3) is 6.31. The Bertz CT molecular complexity index is 341. The second-order valence-electron chi connectivity index (χ2n) is 5.17. The van der Waals surface area contributed by atoms with Gasteiger partial charge in [-0.05, 0) is 52.0 Å². The van der Waals surface area contributed by atoms with Crippen LogP contribution in [0.25, 0.3) is 0 Å². The molecule has 1 atom stereocenters. The van der Waals surface area contributed by atoms with E-state index in [1.807, 2.05) is 33.8 Å². The molecule has 0 aromatic carbocycles. The number of aryl methyl sites for hydroxylation is 1. The van der Waals surface area contributed by atoms with Gasteiger partial charge in [-0.25, -0.2) is 4.79 Å². The second-order valence-corrected chi connectivity index (χ2v) is 6.20. The van der Waals surface area contributed by atoms with Crippen molar-refractivity contribution in [3.05, 3.63) is 22.4 Å². The normalized spacial score (nSPS) is 13.2. The summed E-state index contributed by atoms with van der Waals surface area (Å²) in [5.74, 6) is 0.